The third kappa shape index (κ3) is 4.33. The van der Waals surface area contributed by atoms with E-state index in [1.165, 1.54) is 11.1 Å². The van der Waals surface area contributed by atoms with Crippen molar-refractivity contribution in [3.05, 3.63) is 35.4 Å². The van der Waals surface area contributed by atoms with Gasteiger partial charge in [0.1, 0.15) is 0 Å². The summed E-state index contributed by atoms with van der Waals surface area (Å²) in [6.07, 6.45) is 5.16. The van der Waals surface area contributed by atoms with E-state index in [1.54, 1.807) is 0 Å². The van der Waals surface area contributed by atoms with E-state index in [9.17, 15) is 9.90 Å². The summed E-state index contributed by atoms with van der Waals surface area (Å²) in [5.41, 5.74) is 2.59. The summed E-state index contributed by atoms with van der Waals surface area (Å²) < 4.78 is 0. The predicted octanol–water partition coefficient (Wildman–Crippen LogP) is 2.55. The van der Waals surface area contributed by atoms with Crippen LogP contribution in [0.2, 0.25) is 0 Å². The van der Waals surface area contributed by atoms with Crippen LogP contribution in [0.15, 0.2) is 24.3 Å². The van der Waals surface area contributed by atoms with Gasteiger partial charge in [0, 0.05) is 25.7 Å². The minimum absolute atomic E-state index is 0.000363. The van der Waals surface area contributed by atoms with Crippen molar-refractivity contribution in [2.75, 3.05) is 32.8 Å². The Labute approximate surface area is 151 Å². The van der Waals surface area contributed by atoms with E-state index in [0.717, 1.165) is 51.7 Å². The second-order valence-corrected chi connectivity index (χ2v) is 7.18. The molecular weight excluding hydrogens is 314 g/mol. The van der Waals surface area contributed by atoms with Gasteiger partial charge in [0.25, 0.3) is 0 Å². The molecule has 3 rings (SSSR count). The number of aliphatic hydroxyl groups excluding tert-OH is 1. The molecule has 138 valence electrons. The number of fused-ring (bicyclic) bond motifs is 1. The fourth-order valence-electron chi connectivity index (χ4n) is 4.21. The maximum Gasteiger partial charge on any atom is 0.318 e. The molecule has 1 atom stereocenters. The number of likely N-dealkylation sites (tertiary alicyclic amines) is 1. The van der Waals surface area contributed by atoms with Gasteiger partial charge in [0.15, 0.2) is 0 Å². The molecule has 1 aliphatic heterocycles. The average molecular weight is 345 g/mol. The summed E-state index contributed by atoms with van der Waals surface area (Å²) in [7, 11) is 0. The van der Waals surface area contributed by atoms with Crippen molar-refractivity contribution in [1.82, 2.24) is 15.1 Å². The number of nitrogens with one attached hydrogen (secondary N) is 1. The van der Waals surface area contributed by atoms with E-state index in [2.05, 4.69) is 35.3 Å². The minimum atomic E-state index is -0.0225. The topological polar surface area (TPSA) is 55.8 Å². The molecule has 1 aromatic rings. The number of urea groups is 1. The first-order valence-corrected chi connectivity index (χ1v) is 9.71. The maximum absolute atomic E-state index is 13.0. The van der Waals surface area contributed by atoms with Crippen molar-refractivity contribution in [2.24, 2.45) is 0 Å². The molecule has 2 aliphatic rings. The lowest BCUT2D eigenvalue weighted by Gasteiger charge is -2.38. The highest BCUT2D eigenvalue weighted by Gasteiger charge is 2.30. The Morgan fingerprint density at radius 1 is 1.28 bits per heavy atom. The van der Waals surface area contributed by atoms with Crippen LogP contribution in [0.5, 0.6) is 0 Å². The van der Waals surface area contributed by atoms with Gasteiger partial charge in [-0.05, 0) is 49.8 Å². The van der Waals surface area contributed by atoms with Crippen LogP contribution in [0, 0.1) is 0 Å². The molecule has 1 fully saturated rings. The highest BCUT2D eigenvalue weighted by Crippen LogP contribution is 2.34. The molecule has 0 aromatic heterocycles. The Balaban J connectivity index is 1.68. The molecule has 2 amide bonds. The lowest BCUT2D eigenvalue weighted by atomic mass is 9.87. The van der Waals surface area contributed by atoms with Crippen LogP contribution in [0.4, 0.5) is 4.79 Å². The smallest absolute Gasteiger partial charge is 0.318 e. The van der Waals surface area contributed by atoms with Crippen molar-refractivity contribution in [1.29, 1.82) is 0 Å². The van der Waals surface area contributed by atoms with Gasteiger partial charge in [0.2, 0.25) is 0 Å². The number of aliphatic hydroxyl groups is 1. The van der Waals surface area contributed by atoms with Crippen molar-refractivity contribution < 1.29 is 9.90 Å². The largest absolute Gasteiger partial charge is 0.395 e. The molecule has 0 bridgehead atoms. The van der Waals surface area contributed by atoms with Gasteiger partial charge in [-0.25, -0.2) is 4.79 Å². The fourth-order valence-corrected chi connectivity index (χ4v) is 4.21. The number of carbonyl (C=O) groups is 1. The summed E-state index contributed by atoms with van der Waals surface area (Å²) in [6.45, 7) is 5.75. The molecule has 5 nitrogen and oxygen atoms in total. The number of rotatable bonds is 5. The summed E-state index contributed by atoms with van der Waals surface area (Å²) in [6, 6.07) is 8.72. The van der Waals surface area contributed by atoms with Gasteiger partial charge in [0.05, 0.1) is 12.6 Å². The standard InChI is InChI=1S/C20H31N3O2/c1-2-22-12-10-17(11-13-22)21-20(25)23(14-15-24)19-9-5-7-16-6-3-4-8-18(16)19/h3-4,6,8,17,19,24H,2,5,7,9-15H2,1H3,(H,21,25). The summed E-state index contributed by atoms with van der Waals surface area (Å²) in [5, 5.41) is 12.7. The molecule has 1 heterocycles. The Hall–Kier alpha value is -1.59. The Morgan fingerprint density at radius 2 is 2.04 bits per heavy atom. The molecule has 1 unspecified atom stereocenters. The number of aryl methyl sites for hydroxylation is 1. The lowest BCUT2D eigenvalue weighted by molar-refractivity contribution is 0.135. The van der Waals surface area contributed by atoms with Crippen LogP contribution in [0.3, 0.4) is 0 Å². The normalized spacial score (nSPS) is 21.6. The van der Waals surface area contributed by atoms with E-state index in [4.69, 9.17) is 0 Å². The van der Waals surface area contributed by atoms with Crippen LogP contribution in [0.1, 0.15) is 49.8 Å². The first-order chi connectivity index (χ1) is 12.2. The molecule has 0 radical (unpaired) electrons. The molecule has 2 N–H and O–H groups in total. The third-order valence-electron chi connectivity index (χ3n) is 5.68. The molecule has 1 aliphatic carbocycles. The number of nitrogens with zero attached hydrogens (tertiary/aromatic N) is 2. The van der Waals surface area contributed by atoms with E-state index >= 15 is 0 Å². The molecular formula is C20H31N3O2. The van der Waals surface area contributed by atoms with Gasteiger partial charge in [-0.3, -0.25) is 0 Å². The van der Waals surface area contributed by atoms with Crippen LogP contribution in [-0.4, -0.2) is 59.8 Å². The van der Waals surface area contributed by atoms with Crippen molar-refractivity contribution in [3.8, 4) is 0 Å². The van der Waals surface area contributed by atoms with Gasteiger partial charge >= 0.3 is 6.03 Å². The van der Waals surface area contributed by atoms with Gasteiger partial charge in [-0.1, -0.05) is 31.2 Å². The molecule has 0 spiro atoms. The molecule has 1 aromatic carbocycles. The quantitative estimate of drug-likeness (QED) is 0.862. The van der Waals surface area contributed by atoms with E-state index < -0.39 is 0 Å². The first-order valence-electron chi connectivity index (χ1n) is 9.71. The van der Waals surface area contributed by atoms with Crippen molar-refractivity contribution in [2.45, 2.75) is 51.1 Å². The monoisotopic (exact) mass is 345 g/mol. The van der Waals surface area contributed by atoms with Crippen LogP contribution in [-0.2, 0) is 6.42 Å². The first kappa shape index (κ1) is 18.2. The van der Waals surface area contributed by atoms with E-state index in [1.807, 2.05) is 11.0 Å². The molecule has 25 heavy (non-hydrogen) atoms. The molecule has 5 heteroatoms. The second kappa shape index (κ2) is 8.68. The van der Waals surface area contributed by atoms with Crippen LogP contribution in [0.25, 0.3) is 0 Å². The molecule has 0 saturated carbocycles. The van der Waals surface area contributed by atoms with E-state index in [0.29, 0.717) is 6.54 Å². The second-order valence-electron chi connectivity index (χ2n) is 7.18. The Kier molecular flexibility index (Phi) is 6.32. The van der Waals surface area contributed by atoms with Crippen molar-refractivity contribution in [3.63, 3.8) is 0 Å². The predicted molar refractivity (Wildman–Crippen MR) is 99.6 cm³/mol. The fraction of sp³-hybridized carbons (Fsp3) is 0.650. The van der Waals surface area contributed by atoms with Gasteiger partial charge in [-0.2, -0.15) is 0 Å². The number of hydrogen-bond acceptors (Lipinski definition) is 3. The van der Waals surface area contributed by atoms with E-state index in [-0.39, 0.29) is 24.7 Å². The minimum Gasteiger partial charge on any atom is -0.395 e. The van der Waals surface area contributed by atoms with Crippen molar-refractivity contribution >= 4 is 6.03 Å². The highest BCUT2D eigenvalue weighted by molar-refractivity contribution is 5.75. The zero-order valence-corrected chi connectivity index (χ0v) is 15.3. The average Bonchev–Trinajstić information content (AvgIpc) is 2.66. The lowest BCUT2D eigenvalue weighted by Crippen LogP contribution is -2.51. The third-order valence-corrected chi connectivity index (χ3v) is 5.68. The number of hydrogen-bond donors (Lipinski definition) is 2. The van der Waals surface area contributed by atoms with Crippen LogP contribution >= 0.6 is 0 Å². The number of piperidine rings is 1. The summed E-state index contributed by atoms with van der Waals surface area (Å²) in [4.78, 5) is 17.2. The molecule has 1 saturated heterocycles. The summed E-state index contributed by atoms with van der Waals surface area (Å²) >= 11 is 0. The Bertz CT molecular complexity index is 570. The van der Waals surface area contributed by atoms with Crippen LogP contribution < -0.4 is 5.32 Å². The zero-order chi connectivity index (χ0) is 17.6. The number of carbonyl (C=O) groups excluding carboxylic acids is 1. The zero-order valence-electron chi connectivity index (χ0n) is 15.3. The summed E-state index contributed by atoms with van der Waals surface area (Å²) in [5.74, 6) is 0. The van der Waals surface area contributed by atoms with Gasteiger partial charge < -0.3 is 20.2 Å². The Morgan fingerprint density at radius 3 is 2.76 bits per heavy atom. The SMILES string of the molecule is CCN1CCC(NC(=O)N(CCO)C2CCCc3ccccc32)CC1. The number of amides is 2. The highest BCUT2D eigenvalue weighted by atomic mass is 16.3. The number of benzene rings is 1. The van der Waals surface area contributed by atoms with Gasteiger partial charge in [-0.15, -0.1) is 0 Å². The maximum atomic E-state index is 13.0.